The number of aromatic nitrogens is 2. The number of halogens is 1. The largest absolute Gasteiger partial charge is 0.465 e. The van der Waals surface area contributed by atoms with E-state index in [0.717, 1.165) is 29.7 Å². The van der Waals surface area contributed by atoms with E-state index < -0.39 is 0 Å². The number of rotatable bonds is 5. The van der Waals surface area contributed by atoms with Gasteiger partial charge in [-0.25, -0.2) is 4.98 Å². The standard InChI is InChI=1S/C16H19ClN2O2/c1-3-12(16(20)21-4-2)15-18-13-9-10(17)5-8-14(13)19(15)11-6-7-11/h5,8-9,11-12H,3-4,6-7H2,1-2H3. The molecule has 1 aromatic carbocycles. The van der Waals surface area contributed by atoms with Crippen molar-refractivity contribution in [3.05, 3.63) is 29.0 Å². The number of carbonyl (C=O) groups excluding carboxylic acids is 1. The lowest BCUT2D eigenvalue weighted by Gasteiger charge is -2.15. The fraction of sp³-hybridized carbons (Fsp3) is 0.500. The second kappa shape index (κ2) is 5.68. The van der Waals surface area contributed by atoms with Crippen LogP contribution in [-0.2, 0) is 9.53 Å². The van der Waals surface area contributed by atoms with Gasteiger partial charge >= 0.3 is 5.97 Å². The number of benzene rings is 1. The molecule has 1 aliphatic rings. The second-order valence-corrected chi connectivity index (χ2v) is 5.85. The number of carbonyl (C=O) groups is 1. The van der Waals surface area contributed by atoms with Gasteiger partial charge in [-0.1, -0.05) is 18.5 Å². The minimum absolute atomic E-state index is 0.191. The summed E-state index contributed by atoms with van der Waals surface area (Å²) in [5.41, 5.74) is 1.91. The zero-order chi connectivity index (χ0) is 15.0. The predicted molar refractivity (Wildman–Crippen MR) is 82.7 cm³/mol. The minimum Gasteiger partial charge on any atom is -0.465 e. The van der Waals surface area contributed by atoms with Gasteiger partial charge in [0.05, 0.1) is 17.6 Å². The quantitative estimate of drug-likeness (QED) is 0.782. The first kappa shape index (κ1) is 14.4. The fourth-order valence-electron chi connectivity index (χ4n) is 2.75. The van der Waals surface area contributed by atoms with Crippen LogP contribution in [-0.4, -0.2) is 22.1 Å². The average Bonchev–Trinajstić information content (AvgIpc) is 3.22. The first-order chi connectivity index (χ1) is 10.2. The molecule has 112 valence electrons. The first-order valence-corrected chi connectivity index (χ1v) is 7.87. The Morgan fingerprint density at radius 1 is 1.48 bits per heavy atom. The molecule has 0 saturated heterocycles. The molecule has 4 nitrogen and oxygen atoms in total. The Labute approximate surface area is 129 Å². The topological polar surface area (TPSA) is 44.1 Å². The molecule has 1 aliphatic carbocycles. The highest BCUT2D eigenvalue weighted by Gasteiger charge is 2.33. The summed E-state index contributed by atoms with van der Waals surface area (Å²) >= 11 is 6.06. The van der Waals surface area contributed by atoms with Crippen LogP contribution in [0.25, 0.3) is 11.0 Å². The molecule has 0 spiro atoms. The van der Waals surface area contributed by atoms with Crippen LogP contribution in [0, 0.1) is 0 Å². The first-order valence-electron chi connectivity index (χ1n) is 7.49. The molecule has 1 fully saturated rings. The van der Waals surface area contributed by atoms with Crippen molar-refractivity contribution in [2.45, 2.75) is 45.1 Å². The van der Waals surface area contributed by atoms with Crippen LogP contribution in [0.15, 0.2) is 18.2 Å². The van der Waals surface area contributed by atoms with E-state index in [1.165, 1.54) is 0 Å². The zero-order valence-corrected chi connectivity index (χ0v) is 13.1. The zero-order valence-electron chi connectivity index (χ0n) is 12.3. The third-order valence-corrected chi connectivity index (χ3v) is 4.12. The van der Waals surface area contributed by atoms with Crippen molar-refractivity contribution in [3.63, 3.8) is 0 Å². The van der Waals surface area contributed by atoms with E-state index in [1.54, 1.807) is 0 Å². The van der Waals surface area contributed by atoms with Crippen LogP contribution in [0.1, 0.15) is 50.9 Å². The highest BCUT2D eigenvalue weighted by Crippen LogP contribution is 2.41. The molecule has 1 unspecified atom stereocenters. The molecule has 0 bridgehead atoms. The molecular formula is C16H19ClN2O2. The van der Waals surface area contributed by atoms with Crippen LogP contribution >= 0.6 is 11.6 Å². The summed E-state index contributed by atoms with van der Waals surface area (Å²) in [6, 6.07) is 6.18. The highest BCUT2D eigenvalue weighted by atomic mass is 35.5. The molecule has 1 aromatic heterocycles. The maximum absolute atomic E-state index is 12.2. The van der Waals surface area contributed by atoms with Crippen molar-refractivity contribution in [1.29, 1.82) is 0 Å². The van der Waals surface area contributed by atoms with Crippen molar-refractivity contribution < 1.29 is 9.53 Å². The number of ether oxygens (including phenoxy) is 1. The molecule has 3 rings (SSSR count). The van der Waals surface area contributed by atoms with Crippen molar-refractivity contribution >= 4 is 28.6 Å². The molecule has 0 N–H and O–H groups in total. The Morgan fingerprint density at radius 2 is 2.24 bits per heavy atom. The van der Waals surface area contributed by atoms with E-state index >= 15 is 0 Å². The number of nitrogens with zero attached hydrogens (tertiary/aromatic N) is 2. The Morgan fingerprint density at radius 3 is 2.86 bits per heavy atom. The molecule has 2 aromatic rings. The van der Waals surface area contributed by atoms with Gasteiger partial charge in [-0.05, 0) is 44.4 Å². The van der Waals surface area contributed by atoms with E-state index in [1.807, 2.05) is 32.0 Å². The van der Waals surface area contributed by atoms with Gasteiger partial charge in [0.1, 0.15) is 11.7 Å². The summed E-state index contributed by atoms with van der Waals surface area (Å²) < 4.78 is 7.41. The van der Waals surface area contributed by atoms with Gasteiger partial charge in [-0.15, -0.1) is 0 Å². The van der Waals surface area contributed by atoms with Crippen LogP contribution in [0.5, 0.6) is 0 Å². The Bertz CT molecular complexity index is 676. The normalized spacial score (nSPS) is 16.1. The molecular weight excluding hydrogens is 288 g/mol. The lowest BCUT2D eigenvalue weighted by atomic mass is 10.1. The fourth-order valence-corrected chi connectivity index (χ4v) is 2.92. The second-order valence-electron chi connectivity index (χ2n) is 5.42. The number of esters is 1. The van der Waals surface area contributed by atoms with Crippen molar-refractivity contribution in [2.24, 2.45) is 0 Å². The summed E-state index contributed by atoms with van der Waals surface area (Å²) in [7, 11) is 0. The number of fused-ring (bicyclic) bond motifs is 1. The van der Waals surface area contributed by atoms with Crippen LogP contribution in [0.2, 0.25) is 5.02 Å². The third kappa shape index (κ3) is 2.64. The maximum Gasteiger partial charge on any atom is 0.316 e. The lowest BCUT2D eigenvalue weighted by molar-refractivity contribution is -0.145. The molecule has 1 atom stereocenters. The summed E-state index contributed by atoms with van der Waals surface area (Å²) in [6.07, 6.45) is 2.96. The predicted octanol–water partition coefficient (Wildman–Crippen LogP) is 4.08. The van der Waals surface area contributed by atoms with E-state index in [0.29, 0.717) is 24.1 Å². The summed E-state index contributed by atoms with van der Waals surface area (Å²) in [6.45, 7) is 4.21. The van der Waals surface area contributed by atoms with Crippen molar-refractivity contribution in [1.82, 2.24) is 9.55 Å². The molecule has 1 saturated carbocycles. The maximum atomic E-state index is 12.2. The smallest absolute Gasteiger partial charge is 0.316 e. The van der Waals surface area contributed by atoms with Gasteiger partial charge in [0.2, 0.25) is 0 Å². The summed E-state index contributed by atoms with van der Waals surface area (Å²) in [4.78, 5) is 16.9. The summed E-state index contributed by atoms with van der Waals surface area (Å²) in [5.74, 6) is 0.316. The Balaban J connectivity index is 2.11. The van der Waals surface area contributed by atoms with Gasteiger partial charge in [0.15, 0.2) is 0 Å². The molecule has 1 heterocycles. The van der Waals surface area contributed by atoms with E-state index in [4.69, 9.17) is 16.3 Å². The lowest BCUT2D eigenvalue weighted by Crippen LogP contribution is -2.19. The van der Waals surface area contributed by atoms with Crippen LogP contribution < -0.4 is 0 Å². The minimum atomic E-state index is -0.309. The molecule has 0 amide bonds. The van der Waals surface area contributed by atoms with Gasteiger partial charge in [-0.3, -0.25) is 4.79 Å². The molecule has 5 heteroatoms. The van der Waals surface area contributed by atoms with E-state index in [2.05, 4.69) is 9.55 Å². The van der Waals surface area contributed by atoms with Gasteiger partial charge in [-0.2, -0.15) is 0 Å². The summed E-state index contributed by atoms with van der Waals surface area (Å²) in [5, 5.41) is 0.665. The van der Waals surface area contributed by atoms with E-state index in [-0.39, 0.29) is 11.9 Å². The number of imidazole rings is 1. The third-order valence-electron chi connectivity index (χ3n) is 3.88. The molecule has 0 radical (unpaired) electrons. The Hall–Kier alpha value is -1.55. The van der Waals surface area contributed by atoms with Gasteiger partial charge < -0.3 is 9.30 Å². The van der Waals surface area contributed by atoms with Crippen molar-refractivity contribution in [3.8, 4) is 0 Å². The van der Waals surface area contributed by atoms with Crippen LogP contribution in [0.4, 0.5) is 0 Å². The van der Waals surface area contributed by atoms with Gasteiger partial charge in [0.25, 0.3) is 0 Å². The molecule has 21 heavy (non-hydrogen) atoms. The monoisotopic (exact) mass is 306 g/mol. The van der Waals surface area contributed by atoms with Crippen LogP contribution in [0.3, 0.4) is 0 Å². The molecule has 0 aliphatic heterocycles. The SMILES string of the molecule is CCOC(=O)C(CC)c1nc2cc(Cl)ccc2n1C1CC1. The number of hydrogen-bond donors (Lipinski definition) is 0. The average molecular weight is 307 g/mol. The van der Waals surface area contributed by atoms with Gasteiger partial charge in [0, 0.05) is 11.1 Å². The highest BCUT2D eigenvalue weighted by molar-refractivity contribution is 6.31. The van der Waals surface area contributed by atoms with E-state index in [9.17, 15) is 4.79 Å². The van der Waals surface area contributed by atoms with Crippen molar-refractivity contribution in [2.75, 3.05) is 6.61 Å². The number of hydrogen-bond acceptors (Lipinski definition) is 3. The Kier molecular flexibility index (Phi) is 3.89.